The molecule has 5 heterocycles. The summed E-state index contributed by atoms with van der Waals surface area (Å²) in [5, 5.41) is 25.7. The van der Waals surface area contributed by atoms with Crippen molar-refractivity contribution in [1.82, 2.24) is 19.9 Å². The lowest BCUT2D eigenvalue weighted by atomic mass is 9.78. The number of rotatable bonds is 11. The van der Waals surface area contributed by atoms with E-state index in [0.717, 1.165) is 10.8 Å². The summed E-state index contributed by atoms with van der Waals surface area (Å²) in [6.07, 6.45) is -8.36. The minimum absolute atomic E-state index is 0.0118. The van der Waals surface area contributed by atoms with Crippen molar-refractivity contribution in [2.75, 3.05) is 5.32 Å². The number of thiazole rings is 1. The molecule has 0 spiro atoms. The Morgan fingerprint density at radius 1 is 0.516 bits per heavy atom. The van der Waals surface area contributed by atoms with Crippen LogP contribution in [0, 0.1) is 0 Å². The van der Waals surface area contributed by atoms with E-state index < -0.39 is 56.0 Å². The molecule has 7 aromatic carbocycles. The molecule has 0 aliphatic carbocycles. The zero-order valence-electron chi connectivity index (χ0n) is 48.4. The molecule has 4 aromatic heterocycles. The Labute approximate surface area is 533 Å². The van der Waals surface area contributed by atoms with Gasteiger partial charge in [-0.15, -0.1) is 11.3 Å². The summed E-state index contributed by atoms with van der Waals surface area (Å²) in [5.74, 6) is -2.39. The fourth-order valence-corrected chi connectivity index (χ4v) is 9.94. The van der Waals surface area contributed by atoms with E-state index in [4.69, 9.17) is 26.0 Å². The molecule has 1 fully saturated rings. The van der Waals surface area contributed by atoms with Gasteiger partial charge in [0, 0.05) is 65.6 Å². The van der Waals surface area contributed by atoms with Gasteiger partial charge in [-0.1, -0.05) is 149 Å². The number of halogens is 10. The average Bonchev–Trinajstić information content (AvgIpc) is 1.78. The van der Waals surface area contributed by atoms with E-state index in [9.17, 15) is 54.6 Å². The van der Waals surface area contributed by atoms with Crippen LogP contribution >= 0.6 is 38.9 Å². The average molecular weight is 1350 g/mol. The third-order valence-corrected chi connectivity index (χ3v) is 15.5. The van der Waals surface area contributed by atoms with Gasteiger partial charge in [-0.2, -0.15) is 0 Å². The normalized spacial score (nSPS) is 13.0. The third-order valence-electron chi connectivity index (χ3n) is 14.1. The SMILES string of the molecule is CC1(C)OB(c2cccc(C(F)F)c2)OC1(C)C.FC(F)c1cccc(Br)c1.O=C(Nc1nccs1)c1cccc2ccc(-c3cccc(C(F)F)c3)nc12.O=C(O)c1cccc2ccc(-c3cccc(C(F)F)c3)nc12.O=C(O)c1cccc2ccc(Cl)nc12. The Morgan fingerprint density at radius 3 is 1.36 bits per heavy atom. The number of anilines is 1. The second-order valence-electron chi connectivity index (χ2n) is 20.8. The van der Waals surface area contributed by atoms with E-state index in [1.165, 1.54) is 78.1 Å². The van der Waals surface area contributed by atoms with Gasteiger partial charge < -0.3 is 19.5 Å². The Balaban J connectivity index is 0.000000152. The minimum Gasteiger partial charge on any atom is -0.478 e. The van der Waals surface area contributed by atoms with Crippen LogP contribution in [0.5, 0.6) is 0 Å². The predicted molar refractivity (Wildman–Crippen MR) is 341 cm³/mol. The van der Waals surface area contributed by atoms with Crippen molar-refractivity contribution in [1.29, 1.82) is 0 Å². The van der Waals surface area contributed by atoms with Gasteiger partial charge in [0.2, 0.25) is 0 Å². The maximum Gasteiger partial charge on any atom is 0.494 e. The first-order valence-electron chi connectivity index (χ1n) is 27.4. The molecule has 1 amide bonds. The first-order valence-corrected chi connectivity index (χ1v) is 29.4. The molecular formula is C67H52BBrClF8N5O7S. The number of carboxylic acid groups (broad SMARTS) is 2. The van der Waals surface area contributed by atoms with Crippen molar-refractivity contribution >= 4 is 107 Å². The van der Waals surface area contributed by atoms with Crippen LogP contribution in [0.2, 0.25) is 5.15 Å². The highest BCUT2D eigenvalue weighted by molar-refractivity contribution is 9.10. The van der Waals surface area contributed by atoms with Gasteiger partial charge in [-0.05, 0) is 99.9 Å². The number of nitrogens with one attached hydrogen (secondary N) is 1. The van der Waals surface area contributed by atoms with Gasteiger partial charge in [0.15, 0.2) is 5.13 Å². The molecule has 11 aromatic rings. The zero-order valence-corrected chi connectivity index (χ0v) is 51.5. The van der Waals surface area contributed by atoms with E-state index in [1.807, 2.05) is 39.8 Å². The Kier molecular flexibility index (Phi) is 22.6. The summed E-state index contributed by atoms with van der Waals surface area (Å²) in [6, 6.07) is 49.8. The summed E-state index contributed by atoms with van der Waals surface area (Å²) in [7, 11) is -0.589. The minimum atomic E-state index is -2.56. The number of carboxylic acids is 2. The van der Waals surface area contributed by atoms with Crippen molar-refractivity contribution in [3.8, 4) is 22.5 Å². The van der Waals surface area contributed by atoms with E-state index in [1.54, 1.807) is 121 Å². The Hall–Kier alpha value is -9.00. The summed E-state index contributed by atoms with van der Waals surface area (Å²) in [4.78, 5) is 51.7. The third kappa shape index (κ3) is 17.5. The van der Waals surface area contributed by atoms with E-state index in [-0.39, 0.29) is 39.3 Å². The van der Waals surface area contributed by atoms with Crippen molar-refractivity contribution in [3.05, 3.63) is 248 Å². The highest BCUT2D eigenvalue weighted by Gasteiger charge is 2.51. The standard InChI is InChI=1S/C20H13F2N3OS.C17H11F2NO2.C13H17BF2O2.C10H6ClNO2.C7H5BrF2/c21-18(22)14-5-1-4-13(11-14)16-8-7-12-3-2-6-15(17(12)24-16)19(26)25-20-23-9-10-27-20;18-16(19)12-5-1-4-11(9-12)14-8-7-10-3-2-6-13(17(21)22)15(10)20-14;1-12(2)13(3,4)18-14(17-12)10-7-5-6-9(8-10)11(15)16;11-8-5-4-6-2-1-3-7(10(13)14)9(6)12-8;8-6-3-1-2-5(4-6)7(9)10/h1-11,18H,(H,23,25,26);1-9,16H,(H,21,22);5-8,11H,1-4H3;1-5H,(H,13,14);1-4,7H. The molecule has 1 aliphatic heterocycles. The fourth-order valence-electron chi connectivity index (χ4n) is 8.85. The van der Waals surface area contributed by atoms with Gasteiger partial charge >= 0.3 is 19.1 Å². The van der Waals surface area contributed by atoms with Gasteiger partial charge in [0.25, 0.3) is 31.6 Å². The summed E-state index contributed by atoms with van der Waals surface area (Å²) >= 11 is 10.1. The Morgan fingerprint density at radius 2 is 0.923 bits per heavy atom. The molecule has 12 rings (SSSR count). The molecule has 12 nitrogen and oxygen atoms in total. The van der Waals surface area contributed by atoms with Gasteiger partial charge in [-0.25, -0.2) is 64.6 Å². The quantitative estimate of drug-likeness (QED) is 0.0639. The molecule has 91 heavy (non-hydrogen) atoms. The topological polar surface area (TPSA) is 174 Å². The molecule has 24 heteroatoms. The number of para-hydroxylation sites is 3. The summed E-state index contributed by atoms with van der Waals surface area (Å²) in [6.45, 7) is 7.74. The van der Waals surface area contributed by atoms with E-state index >= 15 is 0 Å². The molecular weight excluding hydrogens is 1300 g/mol. The van der Waals surface area contributed by atoms with Crippen LogP contribution in [0.1, 0.15) is 107 Å². The summed E-state index contributed by atoms with van der Waals surface area (Å²) < 4.78 is 113. The van der Waals surface area contributed by atoms with Crippen molar-refractivity contribution in [2.24, 2.45) is 0 Å². The van der Waals surface area contributed by atoms with Crippen LogP contribution in [0.25, 0.3) is 55.2 Å². The number of amides is 1. The second kappa shape index (κ2) is 30.2. The number of alkyl halides is 8. The lowest BCUT2D eigenvalue weighted by Crippen LogP contribution is -2.41. The van der Waals surface area contributed by atoms with E-state index in [2.05, 4.69) is 41.2 Å². The molecule has 0 unspecified atom stereocenters. The Bertz CT molecular complexity index is 4370. The number of aromatic carboxylic acids is 2. The number of pyridine rings is 3. The number of fused-ring (bicyclic) bond motifs is 3. The smallest absolute Gasteiger partial charge is 0.478 e. The number of hydrogen-bond donors (Lipinski definition) is 3. The number of nitrogens with zero attached hydrogens (tertiary/aromatic N) is 4. The van der Waals surface area contributed by atoms with Crippen molar-refractivity contribution in [3.63, 3.8) is 0 Å². The maximum atomic E-state index is 13.0. The largest absolute Gasteiger partial charge is 0.494 e. The maximum absolute atomic E-state index is 13.0. The summed E-state index contributed by atoms with van der Waals surface area (Å²) in [5.41, 5.74) is 3.61. The lowest BCUT2D eigenvalue weighted by molar-refractivity contribution is 0.00578. The highest BCUT2D eigenvalue weighted by Crippen LogP contribution is 2.37. The molecule has 1 saturated heterocycles. The van der Waals surface area contributed by atoms with Crippen LogP contribution in [-0.2, 0) is 9.31 Å². The van der Waals surface area contributed by atoms with Crippen molar-refractivity contribution in [2.45, 2.75) is 64.6 Å². The molecule has 3 N–H and O–H groups in total. The lowest BCUT2D eigenvalue weighted by Gasteiger charge is -2.32. The first-order chi connectivity index (χ1) is 43.3. The van der Waals surface area contributed by atoms with Crippen LogP contribution in [0.4, 0.5) is 40.3 Å². The molecule has 0 bridgehead atoms. The van der Waals surface area contributed by atoms with Crippen LogP contribution in [-0.4, -0.2) is 66.3 Å². The van der Waals surface area contributed by atoms with Gasteiger partial charge in [0.1, 0.15) is 5.15 Å². The first kappa shape index (κ1) is 67.9. The predicted octanol–water partition coefficient (Wildman–Crippen LogP) is 19.0. The molecule has 0 saturated carbocycles. The van der Waals surface area contributed by atoms with Gasteiger partial charge in [-0.3, -0.25) is 10.1 Å². The number of benzene rings is 7. The fraction of sp³-hybridized carbons (Fsp3) is 0.149. The number of carbonyl (C=O) groups excluding carboxylic acids is 1. The van der Waals surface area contributed by atoms with E-state index in [0.29, 0.717) is 70.2 Å². The highest BCUT2D eigenvalue weighted by atomic mass is 79.9. The van der Waals surface area contributed by atoms with Gasteiger partial charge in [0.05, 0.1) is 55.8 Å². The monoisotopic (exact) mass is 1350 g/mol. The number of aromatic nitrogens is 4. The number of carbonyl (C=O) groups is 3. The molecule has 0 radical (unpaired) electrons. The molecule has 0 atom stereocenters. The second-order valence-corrected chi connectivity index (χ2v) is 23.0. The van der Waals surface area contributed by atoms with Crippen molar-refractivity contribution < 1.29 is 69.0 Å². The molecule has 466 valence electrons. The number of hydrogen-bond acceptors (Lipinski definition) is 10. The van der Waals surface area contributed by atoms with Crippen LogP contribution in [0.3, 0.4) is 0 Å². The van der Waals surface area contributed by atoms with Crippen LogP contribution < -0.4 is 10.8 Å². The van der Waals surface area contributed by atoms with Crippen LogP contribution in [0.15, 0.2) is 204 Å². The zero-order chi connectivity index (χ0) is 65.7. The molecule has 1 aliphatic rings.